The summed E-state index contributed by atoms with van der Waals surface area (Å²) < 4.78 is 5.63. The quantitative estimate of drug-likeness (QED) is 0.693. The van der Waals surface area contributed by atoms with E-state index in [-0.39, 0.29) is 0 Å². The first-order chi connectivity index (χ1) is 10.4. The molecule has 0 saturated carbocycles. The van der Waals surface area contributed by atoms with Crippen molar-refractivity contribution in [2.24, 2.45) is 0 Å². The minimum atomic E-state index is 0.679. The zero-order valence-corrected chi connectivity index (χ0v) is 12.4. The van der Waals surface area contributed by atoms with Crippen molar-refractivity contribution in [3.05, 3.63) is 42.7 Å². The van der Waals surface area contributed by atoms with Gasteiger partial charge in [-0.25, -0.2) is 4.98 Å². The molecule has 0 fully saturated rings. The van der Waals surface area contributed by atoms with Crippen LogP contribution in [0.1, 0.15) is 19.8 Å². The SMILES string of the molecule is CCCNc1cncc(NCCCOc2ccccc2)n1. The molecular weight excluding hydrogens is 264 g/mol. The van der Waals surface area contributed by atoms with E-state index in [0.717, 1.165) is 43.3 Å². The minimum absolute atomic E-state index is 0.679. The van der Waals surface area contributed by atoms with Crippen molar-refractivity contribution >= 4 is 11.6 Å². The molecule has 2 rings (SSSR count). The summed E-state index contributed by atoms with van der Waals surface area (Å²) in [5, 5.41) is 6.47. The van der Waals surface area contributed by atoms with Crippen molar-refractivity contribution in [1.29, 1.82) is 0 Å². The molecule has 0 aliphatic carbocycles. The van der Waals surface area contributed by atoms with E-state index in [4.69, 9.17) is 4.74 Å². The van der Waals surface area contributed by atoms with Gasteiger partial charge in [0.2, 0.25) is 0 Å². The van der Waals surface area contributed by atoms with Crippen LogP contribution in [0, 0.1) is 0 Å². The summed E-state index contributed by atoms with van der Waals surface area (Å²) in [6, 6.07) is 9.84. The number of hydrogen-bond acceptors (Lipinski definition) is 5. The van der Waals surface area contributed by atoms with E-state index >= 15 is 0 Å². The highest BCUT2D eigenvalue weighted by Gasteiger charge is 1.98. The molecule has 2 aromatic rings. The van der Waals surface area contributed by atoms with Crippen LogP contribution < -0.4 is 15.4 Å². The fourth-order valence-electron chi connectivity index (χ4n) is 1.78. The molecule has 0 atom stereocenters. The standard InChI is InChI=1S/C16H22N4O/c1-2-9-18-15-12-17-13-16(20-15)19-10-6-11-21-14-7-4-3-5-8-14/h3-5,7-8,12-13H,2,6,9-11H2,1H3,(H2,18,19,20). The summed E-state index contributed by atoms with van der Waals surface area (Å²) in [6.45, 7) is 4.51. The molecule has 0 bridgehead atoms. The van der Waals surface area contributed by atoms with Gasteiger partial charge in [-0.15, -0.1) is 0 Å². The first-order valence-corrected chi connectivity index (χ1v) is 7.36. The van der Waals surface area contributed by atoms with Gasteiger partial charge < -0.3 is 15.4 Å². The predicted octanol–water partition coefficient (Wildman–Crippen LogP) is 3.18. The molecule has 0 unspecified atom stereocenters. The maximum atomic E-state index is 5.63. The smallest absolute Gasteiger partial charge is 0.146 e. The van der Waals surface area contributed by atoms with Crippen LogP contribution in [0.4, 0.5) is 11.6 Å². The number of anilines is 2. The van der Waals surface area contributed by atoms with Crippen LogP contribution in [0.15, 0.2) is 42.7 Å². The number of para-hydroxylation sites is 1. The van der Waals surface area contributed by atoms with Crippen molar-refractivity contribution in [2.75, 3.05) is 30.3 Å². The molecule has 1 heterocycles. The second-order valence-corrected chi connectivity index (χ2v) is 4.66. The maximum absolute atomic E-state index is 5.63. The number of hydrogen-bond donors (Lipinski definition) is 2. The molecule has 5 heteroatoms. The third kappa shape index (κ3) is 5.69. The Kier molecular flexibility index (Phi) is 6.32. The molecule has 21 heavy (non-hydrogen) atoms. The zero-order valence-electron chi connectivity index (χ0n) is 12.4. The molecule has 112 valence electrons. The summed E-state index contributed by atoms with van der Waals surface area (Å²) in [5.74, 6) is 2.50. The van der Waals surface area contributed by atoms with E-state index in [9.17, 15) is 0 Å². The van der Waals surface area contributed by atoms with Crippen LogP contribution in [0.3, 0.4) is 0 Å². The minimum Gasteiger partial charge on any atom is -0.494 e. The topological polar surface area (TPSA) is 59.1 Å². The van der Waals surface area contributed by atoms with Crippen LogP contribution in [-0.2, 0) is 0 Å². The third-order valence-electron chi connectivity index (χ3n) is 2.83. The first kappa shape index (κ1) is 15.1. The Labute approximate surface area is 125 Å². The van der Waals surface area contributed by atoms with E-state index in [2.05, 4.69) is 27.5 Å². The number of nitrogens with one attached hydrogen (secondary N) is 2. The van der Waals surface area contributed by atoms with Crippen LogP contribution in [-0.4, -0.2) is 29.7 Å². The van der Waals surface area contributed by atoms with Gasteiger partial charge in [-0.1, -0.05) is 25.1 Å². The largest absolute Gasteiger partial charge is 0.494 e. The third-order valence-corrected chi connectivity index (χ3v) is 2.83. The van der Waals surface area contributed by atoms with Crippen LogP contribution in [0.2, 0.25) is 0 Å². The van der Waals surface area contributed by atoms with Gasteiger partial charge in [-0.3, -0.25) is 4.98 Å². The van der Waals surface area contributed by atoms with Crippen molar-refractivity contribution in [2.45, 2.75) is 19.8 Å². The lowest BCUT2D eigenvalue weighted by Crippen LogP contribution is -2.10. The summed E-state index contributed by atoms with van der Waals surface area (Å²) in [6.07, 6.45) is 5.44. The van der Waals surface area contributed by atoms with Crippen LogP contribution >= 0.6 is 0 Å². The number of ether oxygens (including phenoxy) is 1. The molecule has 0 saturated heterocycles. The highest BCUT2D eigenvalue weighted by atomic mass is 16.5. The Morgan fingerprint density at radius 3 is 2.43 bits per heavy atom. The Hall–Kier alpha value is -2.30. The van der Waals surface area contributed by atoms with Gasteiger partial charge in [0.15, 0.2) is 0 Å². The molecule has 5 nitrogen and oxygen atoms in total. The first-order valence-electron chi connectivity index (χ1n) is 7.36. The lowest BCUT2D eigenvalue weighted by atomic mass is 10.3. The summed E-state index contributed by atoms with van der Waals surface area (Å²) >= 11 is 0. The molecule has 0 amide bonds. The molecule has 0 radical (unpaired) electrons. The second kappa shape index (κ2) is 8.79. The Bertz CT molecular complexity index is 519. The number of benzene rings is 1. The molecule has 1 aromatic heterocycles. The lowest BCUT2D eigenvalue weighted by molar-refractivity contribution is 0.315. The fourth-order valence-corrected chi connectivity index (χ4v) is 1.78. The molecule has 2 N–H and O–H groups in total. The van der Waals surface area contributed by atoms with Crippen molar-refractivity contribution < 1.29 is 4.74 Å². The highest BCUT2D eigenvalue weighted by molar-refractivity contribution is 5.41. The van der Waals surface area contributed by atoms with Crippen LogP contribution in [0.25, 0.3) is 0 Å². The highest BCUT2D eigenvalue weighted by Crippen LogP contribution is 2.09. The van der Waals surface area contributed by atoms with Crippen molar-refractivity contribution in [1.82, 2.24) is 9.97 Å². The summed E-state index contributed by atoms with van der Waals surface area (Å²) in [7, 11) is 0. The van der Waals surface area contributed by atoms with Gasteiger partial charge in [0.05, 0.1) is 19.0 Å². The van der Waals surface area contributed by atoms with E-state index in [0.29, 0.717) is 6.61 Å². The van der Waals surface area contributed by atoms with Gasteiger partial charge in [0, 0.05) is 13.1 Å². The van der Waals surface area contributed by atoms with Crippen LogP contribution in [0.5, 0.6) is 5.75 Å². The predicted molar refractivity (Wildman–Crippen MR) is 85.9 cm³/mol. The second-order valence-electron chi connectivity index (χ2n) is 4.66. The van der Waals surface area contributed by atoms with E-state index in [1.54, 1.807) is 12.4 Å². The van der Waals surface area contributed by atoms with E-state index < -0.39 is 0 Å². The average molecular weight is 286 g/mol. The molecule has 0 spiro atoms. The van der Waals surface area contributed by atoms with Gasteiger partial charge in [-0.05, 0) is 25.0 Å². The lowest BCUT2D eigenvalue weighted by Gasteiger charge is -2.09. The molecule has 1 aromatic carbocycles. The average Bonchev–Trinajstić information content (AvgIpc) is 2.54. The maximum Gasteiger partial charge on any atom is 0.146 e. The van der Waals surface area contributed by atoms with E-state index in [1.165, 1.54) is 0 Å². The number of rotatable bonds is 9. The molecule has 0 aliphatic heterocycles. The van der Waals surface area contributed by atoms with Gasteiger partial charge in [0.25, 0.3) is 0 Å². The number of aromatic nitrogens is 2. The zero-order chi connectivity index (χ0) is 14.8. The molecular formula is C16H22N4O. The van der Waals surface area contributed by atoms with Gasteiger partial charge in [0.1, 0.15) is 17.4 Å². The van der Waals surface area contributed by atoms with Gasteiger partial charge in [-0.2, -0.15) is 0 Å². The van der Waals surface area contributed by atoms with Crippen molar-refractivity contribution in [3.63, 3.8) is 0 Å². The fraction of sp³-hybridized carbons (Fsp3) is 0.375. The number of nitrogens with zero attached hydrogens (tertiary/aromatic N) is 2. The van der Waals surface area contributed by atoms with Gasteiger partial charge >= 0.3 is 0 Å². The summed E-state index contributed by atoms with van der Waals surface area (Å²) in [5.41, 5.74) is 0. The Morgan fingerprint density at radius 2 is 1.71 bits per heavy atom. The van der Waals surface area contributed by atoms with E-state index in [1.807, 2.05) is 30.3 Å². The monoisotopic (exact) mass is 286 g/mol. The summed E-state index contributed by atoms with van der Waals surface area (Å²) in [4.78, 5) is 8.61. The normalized spacial score (nSPS) is 10.1. The van der Waals surface area contributed by atoms with Crippen molar-refractivity contribution in [3.8, 4) is 5.75 Å². The Balaban J connectivity index is 1.66. The molecule has 0 aliphatic rings. The Morgan fingerprint density at radius 1 is 1.00 bits per heavy atom.